The van der Waals surface area contributed by atoms with E-state index in [1.54, 1.807) is 25.1 Å². The molecule has 0 radical (unpaired) electrons. The fraction of sp³-hybridized carbons (Fsp3) is 0.462. The van der Waals surface area contributed by atoms with Crippen LogP contribution in [0.15, 0.2) is 18.2 Å². The summed E-state index contributed by atoms with van der Waals surface area (Å²) in [5, 5.41) is 10.1. The highest BCUT2D eigenvalue weighted by molar-refractivity contribution is 5.75. The maximum atomic E-state index is 12.2. The largest absolute Gasteiger partial charge is 0.487 e. The molecule has 1 rings (SSSR count). The summed E-state index contributed by atoms with van der Waals surface area (Å²) in [4.78, 5) is 0. The lowest BCUT2D eigenvalue weighted by Gasteiger charge is -2.13. The van der Waals surface area contributed by atoms with Crippen molar-refractivity contribution in [3.8, 4) is 11.5 Å². The zero-order chi connectivity index (χ0) is 14.1. The fourth-order valence-corrected chi connectivity index (χ4v) is 1.43. The number of amidine groups is 1. The third kappa shape index (κ3) is 5.54. The highest BCUT2D eigenvalue weighted by Gasteiger charge is 2.07. The van der Waals surface area contributed by atoms with Crippen molar-refractivity contribution in [3.63, 3.8) is 0 Å². The van der Waals surface area contributed by atoms with Crippen molar-refractivity contribution in [1.82, 2.24) is 5.32 Å². The Morgan fingerprint density at radius 3 is 2.37 bits per heavy atom. The van der Waals surface area contributed by atoms with Crippen molar-refractivity contribution in [1.29, 1.82) is 5.41 Å². The molecule has 0 aliphatic carbocycles. The quantitative estimate of drug-likeness (QED) is 0.564. The first kappa shape index (κ1) is 15.2. The van der Waals surface area contributed by atoms with Crippen molar-refractivity contribution in [3.05, 3.63) is 23.8 Å². The van der Waals surface area contributed by atoms with Crippen molar-refractivity contribution < 1.29 is 18.3 Å². The normalized spacial score (nSPS) is 10.1. The number of ether oxygens (including phenoxy) is 2. The topological polar surface area (TPSA) is 54.3 Å². The Morgan fingerprint density at radius 2 is 1.79 bits per heavy atom. The molecule has 0 saturated heterocycles. The van der Waals surface area contributed by atoms with Gasteiger partial charge in [0.15, 0.2) is 11.5 Å². The van der Waals surface area contributed by atoms with E-state index in [-0.39, 0.29) is 13.2 Å². The molecule has 19 heavy (non-hydrogen) atoms. The fourth-order valence-electron chi connectivity index (χ4n) is 1.43. The molecule has 6 heteroatoms. The van der Waals surface area contributed by atoms with Gasteiger partial charge in [0.25, 0.3) is 0 Å². The summed E-state index contributed by atoms with van der Waals surface area (Å²) in [6.45, 7) is 0.753. The molecule has 0 bridgehead atoms. The molecule has 0 fully saturated rings. The van der Waals surface area contributed by atoms with Crippen LogP contribution in [0.25, 0.3) is 0 Å². The molecule has 1 aromatic carbocycles. The van der Waals surface area contributed by atoms with Gasteiger partial charge in [-0.15, -0.1) is 0 Å². The zero-order valence-electron chi connectivity index (χ0n) is 10.8. The van der Waals surface area contributed by atoms with Crippen molar-refractivity contribution in [2.45, 2.75) is 13.5 Å². The number of benzene rings is 1. The molecule has 4 nitrogen and oxygen atoms in total. The van der Waals surface area contributed by atoms with Gasteiger partial charge in [0.05, 0.1) is 5.84 Å². The lowest BCUT2D eigenvalue weighted by Crippen LogP contribution is -2.18. The molecule has 0 saturated carbocycles. The summed E-state index contributed by atoms with van der Waals surface area (Å²) in [6.07, 6.45) is 0. The molecule has 0 atom stereocenters. The average molecular weight is 272 g/mol. The van der Waals surface area contributed by atoms with Gasteiger partial charge >= 0.3 is 0 Å². The number of hydrogen-bond acceptors (Lipinski definition) is 3. The molecule has 1 aromatic rings. The second-order valence-electron chi connectivity index (χ2n) is 3.83. The van der Waals surface area contributed by atoms with Crippen LogP contribution in [0.5, 0.6) is 11.5 Å². The molecule has 0 unspecified atom stereocenters. The Labute approximate surface area is 111 Å². The number of alkyl halides is 2. The molecule has 2 N–H and O–H groups in total. The third-order valence-electron chi connectivity index (χ3n) is 2.24. The summed E-state index contributed by atoms with van der Waals surface area (Å²) < 4.78 is 34.6. The molecular weight excluding hydrogens is 254 g/mol. The highest BCUT2D eigenvalue weighted by atomic mass is 19.1. The van der Waals surface area contributed by atoms with E-state index >= 15 is 0 Å². The first-order valence-corrected chi connectivity index (χ1v) is 5.97. The van der Waals surface area contributed by atoms with Crippen LogP contribution in [0.2, 0.25) is 0 Å². The lowest BCUT2D eigenvalue weighted by atomic mass is 10.2. The van der Waals surface area contributed by atoms with Crippen LogP contribution in [0, 0.1) is 5.41 Å². The predicted molar refractivity (Wildman–Crippen MR) is 69.6 cm³/mol. The molecule has 0 aliphatic heterocycles. The molecular formula is C13H18F2N2O2. The van der Waals surface area contributed by atoms with Gasteiger partial charge in [0.1, 0.15) is 26.6 Å². The highest BCUT2D eigenvalue weighted by Crippen LogP contribution is 2.28. The Balaban J connectivity index is 2.77. The van der Waals surface area contributed by atoms with Gasteiger partial charge in [0.2, 0.25) is 0 Å². The van der Waals surface area contributed by atoms with Gasteiger partial charge < -0.3 is 14.8 Å². The number of hydrogen-bond donors (Lipinski definition) is 2. The van der Waals surface area contributed by atoms with Crippen LogP contribution in [0.4, 0.5) is 8.78 Å². The van der Waals surface area contributed by atoms with E-state index in [1.807, 2.05) is 0 Å². The van der Waals surface area contributed by atoms with Crippen molar-refractivity contribution in [2.75, 3.05) is 26.6 Å². The van der Waals surface area contributed by atoms with Crippen LogP contribution >= 0.6 is 0 Å². The average Bonchev–Trinajstić information content (AvgIpc) is 2.41. The van der Waals surface area contributed by atoms with Crippen molar-refractivity contribution in [2.24, 2.45) is 0 Å². The first-order chi connectivity index (χ1) is 9.17. The van der Waals surface area contributed by atoms with Gasteiger partial charge in [-0.2, -0.15) is 0 Å². The van der Waals surface area contributed by atoms with Gasteiger partial charge in [-0.25, -0.2) is 8.78 Å². The number of nitrogens with one attached hydrogen (secondary N) is 2. The standard InChI is InChI=1S/C13H18F2N2O2/c1-10(16)17-9-11-2-3-12(18-6-4-14)13(8-11)19-7-5-15/h2-3,8H,4-7,9H2,1H3,(H2,16,17). The summed E-state index contributed by atoms with van der Waals surface area (Å²) in [6, 6.07) is 5.13. The molecule has 0 amide bonds. The van der Waals surface area contributed by atoms with Crippen LogP contribution in [0.3, 0.4) is 0 Å². The van der Waals surface area contributed by atoms with Crippen LogP contribution in [0.1, 0.15) is 12.5 Å². The number of rotatable bonds is 8. The zero-order valence-corrected chi connectivity index (χ0v) is 10.8. The van der Waals surface area contributed by atoms with Gasteiger partial charge in [-0.3, -0.25) is 5.41 Å². The summed E-state index contributed by atoms with van der Waals surface area (Å²) in [5.41, 5.74) is 0.869. The van der Waals surface area contributed by atoms with Crippen LogP contribution in [-0.4, -0.2) is 32.4 Å². The maximum absolute atomic E-state index is 12.2. The van der Waals surface area contributed by atoms with Crippen LogP contribution in [-0.2, 0) is 6.54 Å². The minimum Gasteiger partial charge on any atom is -0.487 e. The summed E-state index contributed by atoms with van der Waals surface area (Å²) in [7, 11) is 0. The molecule has 0 aliphatic rings. The lowest BCUT2D eigenvalue weighted by molar-refractivity contribution is 0.234. The monoisotopic (exact) mass is 272 g/mol. The van der Waals surface area contributed by atoms with Crippen molar-refractivity contribution >= 4 is 5.84 Å². The van der Waals surface area contributed by atoms with E-state index in [2.05, 4.69) is 5.32 Å². The number of halogens is 2. The predicted octanol–water partition coefficient (Wildman–Crippen LogP) is 2.47. The molecule has 0 spiro atoms. The maximum Gasteiger partial charge on any atom is 0.161 e. The van der Waals surface area contributed by atoms with Gasteiger partial charge in [-0.05, 0) is 24.6 Å². The Hall–Kier alpha value is -1.85. The molecule has 106 valence electrons. The van der Waals surface area contributed by atoms with Gasteiger partial charge in [0, 0.05) is 6.54 Å². The summed E-state index contributed by atoms with van der Waals surface area (Å²) in [5.74, 6) is 1.12. The Bertz CT molecular complexity index is 414. The van der Waals surface area contributed by atoms with Gasteiger partial charge in [-0.1, -0.05) is 6.07 Å². The minimum atomic E-state index is -0.607. The van der Waals surface area contributed by atoms with E-state index in [9.17, 15) is 8.78 Å². The smallest absolute Gasteiger partial charge is 0.161 e. The Morgan fingerprint density at radius 1 is 1.16 bits per heavy atom. The molecule has 0 heterocycles. The SMILES string of the molecule is CC(=N)NCc1ccc(OCCF)c(OCCF)c1. The third-order valence-corrected chi connectivity index (χ3v) is 2.24. The van der Waals surface area contributed by atoms with E-state index in [0.717, 1.165) is 5.56 Å². The van der Waals surface area contributed by atoms with E-state index in [1.165, 1.54) is 0 Å². The second kappa shape index (κ2) is 8.29. The van der Waals surface area contributed by atoms with E-state index in [4.69, 9.17) is 14.9 Å². The van der Waals surface area contributed by atoms with E-state index < -0.39 is 13.3 Å². The first-order valence-electron chi connectivity index (χ1n) is 5.97. The second-order valence-corrected chi connectivity index (χ2v) is 3.83. The Kier molecular flexibility index (Phi) is 6.63. The summed E-state index contributed by atoms with van der Waals surface area (Å²) >= 11 is 0. The van der Waals surface area contributed by atoms with E-state index in [0.29, 0.717) is 23.9 Å². The minimum absolute atomic E-state index is 0.0663. The molecule has 0 aromatic heterocycles. The van der Waals surface area contributed by atoms with Crippen LogP contribution < -0.4 is 14.8 Å².